The van der Waals surface area contributed by atoms with E-state index in [0.29, 0.717) is 0 Å². The summed E-state index contributed by atoms with van der Waals surface area (Å²) in [5.74, 6) is -1.51. The Bertz CT molecular complexity index is 369. The highest BCUT2D eigenvalue weighted by atomic mass is 17.1. The van der Waals surface area contributed by atoms with Crippen LogP contribution in [0.25, 0.3) is 0 Å². The van der Waals surface area contributed by atoms with Gasteiger partial charge in [0.05, 0.1) is 17.7 Å². The minimum atomic E-state index is -0.907. The second-order valence-corrected chi connectivity index (χ2v) is 2.82. The zero-order valence-electron chi connectivity index (χ0n) is 8.25. The number of carbonyl (C=O) groups is 2. The summed E-state index contributed by atoms with van der Waals surface area (Å²) in [4.78, 5) is 25.6. The van der Waals surface area contributed by atoms with Gasteiger partial charge in [-0.05, 0) is 24.3 Å². The summed E-state index contributed by atoms with van der Waals surface area (Å²) in [6.07, 6.45) is 0. The first-order chi connectivity index (χ1) is 7.69. The number of carbonyl (C=O) groups excluding carboxylic acids is 2. The van der Waals surface area contributed by atoms with E-state index in [-0.39, 0.29) is 24.3 Å². The van der Waals surface area contributed by atoms with Crippen LogP contribution in [-0.2, 0) is 9.62 Å². The monoisotopic (exact) mass is 226 g/mol. The van der Waals surface area contributed by atoms with Crippen molar-refractivity contribution in [3.05, 3.63) is 35.4 Å². The Balaban J connectivity index is 2.71. The van der Waals surface area contributed by atoms with E-state index < -0.39 is 11.9 Å². The zero-order valence-corrected chi connectivity index (χ0v) is 8.25. The lowest BCUT2D eigenvalue weighted by molar-refractivity contribution is -0.182. The van der Waals surface area contributed by atoms with Gasteiger partial charge in [-0.1, -0.05) is 0 Å². The Morgan fingerprint density at radius 3 is 2.00 bits per heavy atom. The lowest BCUT2D eigenvalue weighted by Crippen LogP contribution is -2.09. The molecule has 0 saturated heterocycles. The van der Waals surface area contributed by atoms with Crippen molar-refractivity contribution in [3.8, 4) is 0 Å². The van der Waals surface area contributed by atoms with E-state index in [9.17, 15) is 9.59 Å². The fraction of sp³-hybridized carbons (Fsp3) is 0.200. The van der Waals surface area contributed by atoms with Gasteiger partial charge in [-0.3, -0.25) is 4.89 Å². The molecule has 0 atom stereocenters. The summed E-state index contributed by atoms with van der Waals surface area (Å²) in [6, 6.07) is 5.33. The third-order valence-corrected chi connectivity index (χ3v) is 1.76. The van der Waals surface area contributed by atoms with Gasteiger partial charge in [-0.15, -0.1) is 0 Å². The Kier molecular flexibility index (Phi) is 4.43. The Labute approximate surface area is 91.0 Å². The van der Waals surface area contributed by atoms with Gasteiger partial charge in [0.25, 0.3) is 0 Å². The molecule has 6 nitrogen and oxygen atoms in total. The summed E-state index contributed by atoms with van der Waals surface area (Å²) in [7, 11) is 0. The van der Waals surface area contributed by atoms with Crippen molar-refractivity contribution in [1.29, 1.82) is 0 Å². The molecule has 6 heteroatoms. The minimum absolute atomic E-state index is 0.0841. The molecule has 0 fully saturated rings. The average molecular weight is 226 g/mol. The van der Waals surface area contributed by atoms with E-state index in [1.165, 1.54) is 24.3 Å². The van der Waals surface area contributed by atoms with E-state index in [2.05, 4.69) is 9.62 Å². The highest BCUT2D eigenvalue weighted by Crippen LogP contribution is 2.06. The number of hydrogen-bond donors (Lipinski definition) is 2. The topological polar surface area (TPSA) is 93.1 Å². The van der Waals surface area contributed by atoms with Crippen LogP contribution >= 0.6 is 0 Å². The lowest BCUT2D eigenvalue weighted by atomic mass is 10.1. The quantitative estimate of drug-likeness (QED) is 0.440. The van der Waals surface area contributed by atoms with Gasteiger partial charge >= 0.3 is 11.9 Å². The standard InChI is InChI=1S/C10H10O6/c11-5-6-15-9(12)7-1-3-8(4-2-7)10(13)16-14/h1-4,11,14H,5-6H2. The van der Waals surface area contributed by atoms with Crippen LogP contribution in [-0.4, -0.2) is 35.5 Å². The van der Waals surface area contributed by atoms with Crippen LogP contribution in [0.1, 0.15) is 20.7 Å². The van der Waals surface area contributed by atoms with E-state index >= 15 is 0 Å². The Morgan fingerprint density at radius 1 is 1.06 bits per heavy atom. The fourth-order valence-corrected chi connectivity index (χ4v) is 1.02. The second kappa shape index (κ2) is 5.84. The van der Waals surface area contributed by atoms with E-state index in [4.69, 9.17) is 10.4 Å². The molecule has 0 heterocycles. The fourth-order valence-electron chi connectivity index (χ4n) is 1.02. The molecular weight excluding hydrogens is 216 g/mol. The molecular formula is C10H10O6. The van der Waals surface area contributed by atoms with Gasteiger partial charge < -0.3 is 9.84 Å². The number of rotatable bonds is 4. The molecule has 0 radical (unpaired) electrons. The largest absolute Gasteiger partial charge is 0.460 e. The molecule has 1 aromatic carbocycles. The van der Waals surface area contributed by atoms with Crippen molar-refractivity contribution in [2.75, 3.05) is 13.2 Å². The van der Waals surface area contributed by atoms with Crippen LogP contribution in [0.4, 0.5) is 0 Å². The molecule has 0 unspecified atom stereocenters. The molecule has 16 heavy (non-hydrogen) atoms. The van der Waals surface area contributed by atoms with Crippen LogP contribution in [0, 0.1) is 0 Å². The Hall–Kier alpha value is -1.92. The van der Waals surface area contributed by atoms with Gasteiger partial charge in [0.15, 0.2) is 0 Å². The molecule has 0 saturated carbocycles. The predicted molar refractivity (Wildman–Crippen MR) is 51.9 cm³/mol. The number of aliphatic hydroxyl groups is 1. The number of ether oxygens (including phenoxy) is 1. The summed E-state index contributed by atoms with van der Waals surface area (Å²) < 4.78 is 4.65. The van der Waals surface area contributed by atoms with Crippen LogP contribution in [0.15, 0.2) is 24.3 Å². The molecule has 0 aliphatic carbocycles. The normalized spacial score (nSPS) is 9.62. The number of esters is 1. The van der Waals surface area contributed by atoms with Crippen molar-refractivity contribution >= 4 is 11.9 Å². The summed E-state index contributed by atoms with van der Waals surface area (Å²) in [6.45, 7) is -0.333. The highest BCUT2D eigenvalue weighted by Gasteiger charge is 2.10. The maximum atomic E-state index is 11.3. The number of aliphatic hydroxyl groups excluding tert-OH is 1. The van der Waals surface area contributed by atoms with Gasteiger partial charge in [-0.25, -0.2) is 9.59 Å². The van der Waals surface area contributed by atoms with Crippen molar-refractivity contribution in [2.45, 2.75) is 0 Å². The highest BCUT2D eigenvalue weighted by molar-refractivity contribution is 5.93. The van der Waals surface area contributed by atoms with E-state index in [1.807, 2.05) is 0 Å². The lowest BCUT2D eigenvalue weighted by Gasteiger charge is -2.03. The van der Waals surface area contributed by atoms with Crippen molar-refractivity contribution in [3.63, 3.8) is 0 Å². The number of benzene rings is 1. The SMILES string of the molecule is O=C(OO)c1ccc(C(=O)OCCO)cc1. The van der Waals surface area contributed by atoms with Gasteiger partial charge in [0.2, 0.25) is 0 Å². The predicted octanol–water partition coefficient (Wildman–Crippen LogP) is 0.466. The molecule has 1 aromatic rings. The zero-order chi connectivity index (χ0) is 12.0. The van der Waals surface area contributed by atoms with Gasteiger partial charge in [0, 0.05) is 0 Å². The number of hydrogen-bond acceptors (Lipinski definition) is 6. The summed E-state index contributed by atoms with van der Waals surface area (Å²) >= 11 is 0. The minimum Gasteiger partial charge on any atom is -0.460 e. The summed E-state index contributed by atoms with van der Waals surface area (Å²) in [5, 5.41) is 16.6. The van der Waals surface area contributed by atoms with Gasteiger partial charge in [-0.2, -0.15) is 5.26 Å². The maximum absolute atomic E-state index is 11.3. The molecule has 0 aromatic heterocycles. The van der Waals surface area contributed by atoms with Crippen LogP contribution in [0.2, 0.25) is 0 Å². The smallest absolute Gasteiger partial charge is 0.372 e. The van der Waals surface area contributed by atoms with Crippen LogP contribution in [0.3, 0.4) is 0 Å². The molecule has 86 valence electrons. The van der Waals surface area contributed by atoms with Crippen molar-refractivity contribution in [1.82, 2.24) is 0 Å². The second-order valence-electron chi connectivity index (χ2n) is 2.82. The molecule has 2 N–H and O–H groups in total. The van der Waals surface area contributed by atoms with E-state index in [1.54, 1.807) is 0 Å². The Morgan fingerprint density at radius 2 is 1.56 bits per heavy atom. The molecule has 1 rings (SSSR count). The van der Waals surface area contributed by atoms with E-state index in [0.717, 1.165) is 0 Å². The van der Waals surface area contributed by atoms with Crippen LogP contribution < -0.4 is 0 Å². The first-order valence-corrected chi connectivity index (χ1v) is 4.43. The first kappa shape index (κ1) is 12.2. The van der Waals surface area contributed by atoms with Gasteiger partial charge in [0.1, 0.15) is 6.61 Å². The molecule has 0 bridgehead atoms. The molecule has 0 spiro atoms. The third-order valence-electron chi connectivity index (χ3n) is 1.76. The van der Waals surface area contributed by atoms with Crippen molar-refractivity contribution < 1.29 is 29.6 Å². The molecule has 0 aliphatic heterocycles. The molecule has 0 amide bonds. The van der Waals surface area contributed by atoms with Crippen LogP contribution in [0.5, 0.6) is 0 Å². The third kappa shape index (κ3) is 3.04. The first-order valence-electron chi connectivity index (χ1n) is 4.43. The van der Waals surface area contributed by atoms with Crippen molar-refractivity contribution in [2.24, 2.45) is 0 Å². The maximum Gasteiger partial charge on any atom is 0.372 e. The average Bonchev–Trinajstić information content (AvgIpc) is 2.35. The molecule has 0 aliphatic rings. The summed E-state index contributed by atoms with van der Waals surface area (Å²) in [5.41, 5.74) is 0.351.